The van der Waals surface area contributed by atoms with Gasteiger partial charge >= 0.3 is 0 Å². The number of nitrogens with two attached hydrogens (primary N) is 1. The van der Waals surface area contributed by atoms with Crippen molar-refractivity contribution in [2.45, 2.75) is 38.5 Å². The zero-order valence-electron chi connectivity index (χ0n) is 14.0. The highest BCUT2D eigenvalue weighted by atomic mass is 16.5. The average Bonchev–Trinajstić information content (AvgIpc) is 2.61. The molecule has 1 fully saturated rings. The van der Waals surface area contributed by atoms with E-state index >= 15 is 0 Å². The van der Waals surface area contributed by atoms with Crippen molar-refractivity contribution < 1.29 is 9.53 Å². The summed E-state index contributed by atoms with van der Waals surface area (Å²) in [4.78, 5) is 14.6. The van der Waals surface area contributed by atoms with Crippen LogP contribution in [0.25, 0.3) is 0 Å². The van der Waals surface area contributed by atoms with Gasteiger partial charge in [-0.15, -0.1) is 0 Å². The minimum Gasteiger partial charge on any atom is -0.489 e. The van der Waals surface area contributed by atoms with E-state index in [1.54, 1.807) is 0 Å². The third kappa shape index (κ3) is 3.95. The number of rotatable bonds is 4. The number of hydrogen-bond donors (Lipinski definition) is 1. The molecule has 0 radical (unpaired) electrons. The van der Waals surface area contributed by atoms with Crippen LogP contribution in [0.15, 0.2) is 54.6 Å². The van der Waals surface area contributed by atoms with Crippen molar-refractivity contribution in [3.05, 3.63) is 65.7 Å². The number of hydrogen-bond acceptors (Lipinski definition) is 3. The molecule has 1 aliphatic heterocycles. The Balaban J connectivity index is 1.60. The Morgan fingerprint density at radius 2 is 1.88 bits per heavy atom. The Bertz CT molecular complexity index is 670. The Labute approximate surface area is 143 Å². The number of piperidine rings is 1. The first-order valence-corrected chi connectivity index (χ1v) is 8.47. The lowest BCUT2D eigenvalue weighted by Crippen LogP contribution is -2.48. The molecule has 126 valence electrons. The van der Waals surface area contributed by atoms with Crippen molar-refractivity contribution in [3.63, 3.8) is 0 Å². The fourth-order valence-corrected chi connectivity index (χ4v) is 3.10. The molecular formula is C20H24N2O2. The molecule has 4 heteroatoms. The Morgan fingerprint density at radius 3 is 2.54 bits per heavy atom. The second-order valence-corrected chi connectivity index (χ2v) is 6.43. The lowest BCUT2D eigenvalue weighted by molar-refractivity contribution is 0.0619. The van der Waals surface area contributed by atoms with Gasteiger partial charge in [-0.3, -0.25) is 4.79 Å². The summed E-state index contributed by atoms with van der Waals surface area (Å²) >= 11 is 0. The number of carbonyl (C=O) groups is 1. The third-order valence-electron chi connectivity index (χ3n) is 4.53. The summed E-state index contributed by atoms with van der Waals surface area (Å²) in [7, 11) is 0. The van der Waals surface area contributed by atoms with Gasteiger partial charge in [-0.2, -0.15) is 0 Å². The zero-order valence-corrected chi connectivity index (χ0v) is 14.0. The van der Waals surface area contributed by atoms with E-state index in [1.165, 1.54) is 0 Å². The van der Waals surface area contributed by atoms with Gasteiger partial charge in [-0.1, -0.05) is 30.3 Å². The molecule has 2 aromatic carbocycles. The molecule has 3 rings (SSSR count). The predicted molar refractivity (Wildman–Crippen MR) is 94.9 cm³/mol. The van der Waals surface area contributed by atoms with Gasteiger partial charge in [0.1, 0.15) is 12.4 Å². The maximum Gasteiger partial charge on any atom is 0.254 e. The lowest BCUT2D eigenvalue weighted by atomic mass is 9.98. The van der Waals surface area contributed by atoms with E-state index in [9.17, 15) is 4.79 Å². The van der Waals surface area contributed by atoms with Crippen LogP contribution in [0.1, 0.15) is 35.7 Å². The number of nitrogens with zero attached hydrogens (tertiary/aromatic N) is 1. The smallest absolute Gasteiger partial charge is 0.254 e. The molecule has 4 nitrogen and oxygen atoms in total. The summed E-state index contributed by atoms with van der Waals surface area (Å²) in [6.45, 7) is 3.30. The first kappa shape index (κ1) is 16.5. The van der Waals surface area contributed by atoms with Crippen LogP contribution in [0.5, 0.6) is 5.75 Å². The van der Waals surface area contributed by atoms with E-state index < -0.39 is 0 Å². The first-order chi connectivity index (χ1) is 11.6. The van der Waals surface area contributed by atoms with E-state index in [-0.39, 0.29) is 18.0 Å². The molecule has 1 heterocycles. The van der Waals surface area contributed by atoms with Crippen LogP contribution >= 0.6 is 0 Å². The van der Waals surface area contributed by atoms with E-state index in [4.69, 9.17) is 10.5 Å². The molecule has 0 aliphatic carbocycles. The van der Waals surface area contributed by atoms with Crippen LogP contribution in [-0.2, 0) is 6.61 Å². The lowest BCUT2D eigenvalue weighted by Gasteiger charge is -2.36. The number of likely N-dealkylation sites (tertiary alicyclic amines) is 1. The van der Waals surface area contributed by atoms with Crippen molar-refractivity contribution in [3.8, 4) is 5.75 Å². The van der Waals surface area contributed by atoms with Gasteiger partial charge in [0.15, 0.2) is 0 Å². The summed E-state index contributed by atoms with van der Waals surface area (Å²) in [5.74, 6) is 0.932. The Kier molecular flexibility index (Phi) is 5.16. The van der Waals surface area contributed by atoms with E-state index in [0.717, 1.165) is 36.3 Å². The van der Waals surface area contributed by atoms with Gasteiger partial charge in [0, 0.05) is 24.2 Å². The van der Waals surface area contributed by atoms with Gasteiger partial charge in [-0.05, 0) is 49.6 Å². The molecule has 1 amide bonds. The van der Waals surface area contributed by atoms with E-state index in [0.29, 0.717) is 6.61 Å². The van der Waals surface area contributed by atoms with Crippen LogP contribution in [0, 0.1) is 0 Å². The molecule has 2 atom stereocenters. The number of carbonyl (C=O) groups excluding carboxylic acids is 1. The van der Waals surface area contributed by atoms with Gasteiger partial charge in [0.2, 0.25) is 0 Å². The van der Waals surface area contributed by atoms with Crippen molar-refractivity contribution in [1.29, 1.82) is 0 Å². The largest absolute Gasteiger partial charge is 0.489 e. The number of para-hydroxylation sites is 1. The maximum atomic E-state index is 12.7. The minimum atomic E-state index is 0.0879. The Hall–Kier alpha value is -2.33. The highest BCUT2D eigenvalue weighted by molar-refractivity contribution is 5.94. The normalized spacial score (nSPS) is 20.7. The van der Waals surface area contributed by atoms with Crippen molar-refractivity contribution >= 4 is 5.91 Å². The van der Waals surface area contributed by atoms with Gasteiger partial charge in [-0.25, -0.2) is 0 Å². The van der Waals surface area contributed by atoms with Crippen LogP contribution in [0.3, 0.4) is 0 Å². The van der Waals surface area contributed by atoms with Crippen LogP contribution in [0.2, 0.25) is 0 Å². The molecule has 2 N–H and O–H groups in total. The summed E-state index contributed by atoms with van der Waals surface area (Å²) in [5.41, 5.74) is 7.74. The van der Waals surface area contributed by atoms with Gasteiger partial charge in [0.05, 0.1) is 0 Å². The topological polar surface area (TPSA) is 55.6 Å². The third-order valence-corrected chi connectivity index (χ3v) is 4.53. The Morgan fingerprint density at radius 1 is 1.17 bits per heavy atom. The highest BCUT2D eigenvalue weighted by Crippen LogP contribution is 2.19. The second-order valence-electron chi connectivity index (χ2n) is 6.43. The summed E-state index contributed by atoms with van der Waals surface area (Å²) in [5, 5.41) is 0. The summed E-state index contributed by atoms with van der Waals surface area (Å²) in [6.07, 6.45) is 1.74. The average molecular weight is 324 g/mol. The number of amides is 1. The van der Waals surface area contributed by atoms with E-state index in [1.807, 2.05) is 59.5 Å². The van der Waals surface area contributed by atoms with Crippen molar-refractivity contribution in [2.75, 3.05) is 6.54 Å². The number of benzene rings is 2. The van der Waals surface area contributed by atoms with Gasteiger partial charge in [0.25, 0.3) is 5.91 Å². The fraction of sp³-hybridized carbons (Fsp3) is 0.350. The van der Waals surface area contributed by atoms with Crippen LogP contribution < -0.4 is 10.5 Å². The summed E-state index contributed by atoms with van der Waals surface area (Å²) < 4.78 is 5.73. The molecule has 0 aromatic heterocycles. The van der Waals surface area contributed by atoms with Crippen LogP contribution in [0.4, 0.5) is 0 Å². The monoisotopic (exact) mass is 324 g/mol. The molecule has 24 heavy (non-hydrogen) atoms. The first-order valence-electron chi connectivity index (χ1n) is 8.47. The molecule has 0 saturated carbocycles. The molecular weight excluding hydrogens is 300 g/mol. The van der Waals surface area contributed by atoms with Crippen LogP contribution in [-0.4, -0.2) is 29.4 Å². The molecule has 1 saturated heterocycles. The standard InChI is InChI=1S/C20H24N2O2/c1-15-13-18(21)11-12-22(15)20(23)17-9-7-16(8-10-17)14-24-19-5-3-2-4-6-19/h2-10,15,18H,11-14,21H2,1H3/t15-,18-/m1/s1. The molecule has 2 aromatic rings. The zero-order chi connectivity index (χ0) is 16.9. The second kappa shape index (κ2) is 7.49. The highest BCUT2D eigenvalue weighted by Gasteiger charge is 2.27. The van der Waals surface area contributed by atoms with Crippen molar-refractivity contribution in [1.82, 2.24) is 4.90 Å². The maximum absolute atomic E-state index is 12.7. The summed E-state index contributed by atoms with van der Waals surface area (Å²) in [6, 6.07) is 17.8. The molecule has 0 spiro atoms. The minimum absolute atomic E-state index is 0.0879. The van der Waals surface area contributed by atoms with E-state index in [2.05, 4.69) is 6.92 Å². The quantitative estimate of drug-likeness (QED) is 0.939. The molecule has 0 bridgehead atoms. The fourth-order valence-electron chi connectivity index (χ4n) is 3.10. The molecule has 1 aliphatic rings. The number of ether oxygens (including phenoxy) is 1. The van der Waals surface area contributed by atoms with Gasteiger partial charge < -0.3 is 15.4 Å². The predicted octanol–water partition coefficient (Wildman–Crippen LogP) is 3.22. The SMILES string of the molecule is C[C@@H]1C[C@H](N)CCN1C(=O)c1ccc(COc2ccccc2)cc1. The molecule has 0 unspecified atom stereocenters. The van der Waals surface area contributed by atoms with Crippen molar-refractivity contribution in [2.24, 2.45) is 5.73 Å².